The van der Waals surface area contributed by atoms with Gasteiger partial charge in [0.15, 0.2) is 5.54 Å². The number of aromatic nitrogens is 1. The number of benzene rings is 2. The van der Waals surface area contributed by atoms with Crippen LogP contribution in [-0.4, -0.2) is 53.3 Å². The summed E-state index contributed by atoms with van der Waals surface area (Å²) in [7, 11) is 1.63. The number of H-pyrrole nitrogens is 1. The van der Waals surface area contributed by atoms with Crippen molar-refractivity contribution in [3.05, 3.63) is 65.1 Å². The molecule has 2 amide bonds. The third-order valence-corrected chi connectivity index (χ3v) is 6.62. The Balaban J connectivity index is 1.51. The number of ether oxygens (including phenoxy) is 1. The molecule has 160 valence electrons. The van der Waals surface area contributed by atoms with Gasteiger partial charge in [0.1, 0.15) is 11.6 Å². The van der Waals surface area contributed by atoms with Crippen molar-refractivity contribution in [2.24, 2.45) is 0 Å². The van der Waals surface area contributed by atoms with E-state index < -0.39 is 5.54 Å². The van der Waals surface area contributed by atoms with Gasteiger partial charge in [0.05, 0.1) is 19.3 Å². The maximum Gasteiger partial charge on any atom is 0.254 e. The van der Waals surface area contributed by atoms with Gasteiger partial charge in [0, 0.05) is 24.0 Å². The Morgan fingerprint density at radius 2 is 2.03 bits per heavy atom. The maximum absolute atomic E-state index is 13.7. The van der Waals surface area contributed by atoms with Crippen molar-refractivity contribution in [2.45, 2.75) is 25.3 Å². The number of hydrogen-bond donors (Lipinski definition) is 1. The van der Waals surface area contributed by atoms with Crippen molar-refractivity contribution in [3.63, 3.8) is 0 Å². The molecule has 7 heteroatoms. The smallest absolute Gasteiger partial charge is 0.254 e. The van der Waals surface area contributed by atoms with Crippen molar-refractivity contribution in [2.75, 3.05) is 26.7 Å². The summed E-state index contributed by atoms with van der Waals surface area (Å²) in [6.45, 7) is 2.73. The van der Waals surface area contributed by atoms with E-state index in [1.807, 2.05) is 31.2 Å². The van der Waals surface area contributed by atoms with Gasteiger partial charge in [-0.05, 0) is 61.2 Å². The van der Waals surface area contributed by atoms with Crippen molar-refractivity contribution in [1.82, 2.24) is 14.8 Å². The summed E-state index contributed by atoms with van der Waals surface area (Å²) < 4.78 is 18.9. The number of methoxy groups -OCH3 is 1. The summed E-state index contributed by atoms with van der Waals surface area (Å²) in [4.78, 5) is 33.4. The standard InChI is InChI=1S/C24H24FN3O3/c1-24-22-18(19-13-17(31-2)6-7-20(19)26-22)9-11-28(24)21(29)14-27(23(24)30)10-8-15-4-3-5-16(25)12-15/h3-7,12-13,26H,8-11,14H2,1-2H3/t24-/m1/s1. The Kier molecular flexibility index (Phi) is 4.50. The lowest BCUT2D eigenvalue weighted by Gasteiger charge is -2.49. The third kappa shape index (κ3) is 2.99. The van der Waals surface area contributed by atoms with Crippen molar-refractivity contribution >= 4 is 22.7 Å². The summed E-state index contributed by atoms with van der Waals surface area (Å²) >= 11 is 0. The second-order valence-corrected chi connectivity index (χ2v) is 8.36. The van der Waals surface area contributed by atoms with Crippen LogP contribution < -0.4 is 4.74 Å². The number of hydrogen-bond acceptors (Lipinski definition) is 3. The molecule has 2 aromatic carbocycles. The maximum atomic E-state index is 13.7. The highest BCUT2D eigenvalue weighted by atomic mass is 19.1. The summed E-state index contributed by atoms with van der Waals surface area (Å²) in [6.07, 6.45) is 1.17. The zero-order chi connectivity index (χ0) is 21.8. The van der Waals surface area contributed by atoms with Gasteiger partial charge < -0.3 is 19.5 Å². The van der Waals surface area contributed by atoms with Gasteiger partial charge in [-0.3, -0.25) is 9.59 Å². The van der Waals surface area contributed by atoms with E-state index in [1.54, 1.807) is 23.0 Å². The average Bonchev–Trinajstić information content (AvgIpc) is 3.14. The Morgan fingerprint density at radius 3 is 2.81 bits per heavy atom. The zero-order valence-electron chi connectivity index (χ0n) is 17.6. The zero-order valence-corrected chi connectivity index (χ0v) is 17.6. The van der Waals surface area contributed by atoms with Crippen molar-refractivity contribution in [3.8, 4) is 5.75 Å². The molecule has 3 aromatic rings. The van der Waals surface area contributed by atoms with Crippen LogP contribution in [0.1, 0.15) is 23.7 Å². The normalized spacial score (nSPS) is 20.7. The van der Waals surface area contributed by atoms with Gasteiger partial charge in [0.2, 0.25) is 5.91 Å². The van der Waals surface area contributed by atoms with Gasteiger partial charge in [-0.2, -0.15) is 0 Å². The minimum absolute atomic E-state index is 0.0487. The number of aromatic amines is 1. The molecule has 2 aliphatic heterocycles. The molecule has 1 fully saturated rings. The first kappa shape index (κ1) is 19.6. The quantitative estimate of drug-likeness (QED) is 0.704. The molecule has 5 rings (SSSR count). The number of carbonyl (C=O) groups excluding carboxylic acids is 2. The van der Waals surface area contributed by atoms with E-state index in [0.717, 1.165) is 33.5 Å². The molecular weight excluding hydrogens is 397 g/mol. The van der Waals surface area contributed by atoms with Crippen LogP contribution in [-0.2, 0) is 28.0 Å². The third-order valence-electron chi connectivity index (χ3n) is 6.62. The molecular formula is C24H24FN3O3. The second-order valence-electron chi connectivity index (χ2n) is 8.36. The number of rotatable bonds is 4. The monoisotopic (exact) mass is 421 g/mol. The molecule has 1 saturated heterocycles. The second kappa shape index (κ2) is 7.11. The van der Waals surface area contributed by atoms with Gasteiger partial charge in [-0.25, -0.2) is 4.39 Å². The summed E-state index contributed by atoms with van der Waals surface area (Å²) in [5.74, 6) is 0.276. The van der Waals surface area contributed by atoms with Gasteiger partial charge >= 0.3 is 0 Å². The highest BCUT2D eigenvalue weighted by Gasteiger charge is 2.53. The molecule has 1 N–H and O–H groups in total. The summed E-state index contributed by atoms with van der Waals surface area (Å²) in [5, 5.41) is 1.02. The molecule has 3 heterocycles. The SMILES string of the molecule is COc1ccc2[nH]c3c(c2c1)CCN1C(=O)CN(CCc2cccc(F)c2)C(=O)[C@@]31C. The minimum Gasteiger partial charge on any atom is -0.497 e. The fraction of sp³-hybridized carbons (Fsp3) is 0.333. The number of nitrogens with one attached hydrogen (secondary N) is 1. The molecule has 1 atom stereocenters. The lowest BCUT2D eigenvalue weighted by atomic mass is 9.83. The van der Waals surface area contributed by atoms with E-state index in [2.05, 4.69) is 4.98 Å². The lowest BCUT2D eigenvalue weighted by molar-refractivity contribution is -0.165. The predicted molar refractivity (Wildman–Crippen MR) is 114 cm³/mol. The van der Waals surface area contributed by atoms with Crippen molar-refractivity contribution < 1.29 is 18.7 Å². The van der Waals surface area contributed by atoms with Crippen LogP contribution in [0.5, 0.6) is 5.75 Å². The Morgan fingerprint density at radius 1 is 1.19 bits per heavy atom. The van der Waals surface area contributed by atoms with Gasteiger partial charge in [-0.1, -0.05) is 12.1 Å². The first-order valence-corrected chi connectivity index (χ1v) is 10.4. The lowest BCUT2D eigenvalue weighted by Crippen LogP contribution is -2.67. The number of amides is 2. The minimum atomic E-state index is -1.09. The number of nitrogens with zero attached hydrogens (tertiary/aromatic N) is 2. The summed E-state index contributed by atoms with van der Waals surface area (Å²) in [5.41, 5.74) is 2.47. The van der Waals surface area contributed by atoms with E-state index in [-0.39, 0.29) is 24.2 Å². The largest absolute Gasteiger partial charge is 0.497 e. The molecule has 0 radical (unpaired) electrons. The van der Waals surface area contributed by atoms with E-state index in [1.165, 1.54) is 12.1 Å². The first-order chi connectivity index (χ1) is 14.9. The van der Waals surface area contributed by atoms with Crippen LogP contribution in [0, 0.1) is 5.82 Å². The Bertz CT molecular complexity index is 1200. The van der Waals surface area contributed by atoms with Crippen molar-refractivity contribution in [1.29, 1.82) is 0 Å². The fourth-order valence-corrected chi connectivity index (χ4v) is 4.97. The number of halogens is 1. The van der Waals surface area contributed by atoms with Crippen LogP contribution in [0.4, 0.5) is 4.39 Å². The van der Waals surface area contributed by atoms with E-state index in [0.29, 0.717) is 25.9 Å². The van der Waals surface area contributed by atoms with E-state index in [4.69, 9.17) is 4.74 Å². The molecule has 0 saturated carbocycles. The van der Waals surface area contributed by atoms with Crippen LogP contribution in [0.15, 0.2) is 42.5 Å². The van der Waals surface area contributed by atoms with Crippen LogP contribution in [0.3, 0.4) is 0 Å². The Labute approximate surface area is 179 Å². The first-order valence-electron chi connectivity index (χ1n) is 10.4. The van der Waals surface area contributed by atoms with Crippen LogP contribution >= 0.6 is 0 Å². The fourth-order valence-electron chi connectivity index (χ4n) is 4.97. The van der Waals surface area contributed by atoms with Crippen LogP contribution in [0.2, 0.25) is 0 Å². The molecule has 1 aromatic heterocycles. The molecule has 0 spiro atoms. The summed E-state index contributed by atoms with van der Waals surface area (Å²) in [6, 6.07) is 12.1. The van der Waals surface area contributed by atoms with E-state index >= 15 is 0 Å². The molecule has 6 nitrogen and oxygen atoms in total. The highest BCUT2D eigenvalue weighted by Crippen LogP contribution is 2.42. The number of piperazine rings is 1. The Hall–Kier alpha value is -3.35. The molecule has 0 unspecified atom stereocenters. The molecule has 2 aliphatic rings. The van der Waals surface area contributed by atoms with Gasteiger partial charge in [-0.15, -0.1) is 0 Å². The number of fused-ring (bicyclic) bond motifs is 5. The van der Waals surface area contributed by atoms with Crippen LogP contribution in [0.25, 0.3) is 10.9 Å². The van der Waals surface area contributed by atoms with Gasteiger partial charge in [0.25, 0.3) is 5.91 Å². The topological polar surface area (TPSA) is 65.6 Å². The van der Waals surface area contributed by atoms with E-state index in [9.17, 15) is 14.0 Å². The predicted octanol–water partition coefficient (Wildman–Crippen LogP) is 3.00. The molecule has 0 bridgehead atoms. The molecule has 31 heavy (non-hydrogen) atoms. The highest BCUT2D eigenvalue weighted by molar-refractivity contribution is 6.00. The molecule has 0 aliphatic carbocycles. The average molecular weight is 421 g/mol. The number of carbonyl (C=O) groups is 2.